The molecule has 29 heavy (non-hydrogen) atoms. The van der Waals surface area contributed by atoms with Crippen molar-refractivity contribution >= 4 is 16.6 Å². The Labute approximate surface area is 170 Å². The van der Waals surface area contributed by atoms with Crippen LogP contribution in [-0.4, -0.2) is 57.6 Å². The number of piperazine rings is 1. The molecule has 0 N–H and O–H groups in total. The molecular weight excluding hydrogens is 364 g/mol. The molecule has 7 nitrogen and oxygen atoms in total. The van der Waals surface area contributed by atoms with Crippen LogP contribution in [0.2, 0.25) is 0 Å². The molecule has 150 valence electrons. The number of hydrogen-bond acceptors (Lipinski definition) is 7. The van der Waals surface area contributed by atoms with E-state index in [1.54, 1.807) is 6.33 Å². The number of aromatic nitrogens is 4. The van der Waals surface area contributed by atoms with Crippen LogP contribution in [0.4, 0.5) is 5.69 Å². The summed E-state index contributed by atoms with van der Waals surface area (Å²) in [6.07, 6.45) is 7.86. The molecule has 1 saturated carbocycles. The number of fused-ring (bicyclic) bond motifs is 1. The third-order valence-electron chi connectivity index (χ3n) is 5.69. The van der Waals surface area contributed by atoms with E-state index in [1.807, 2.05) is 19.3 Å². The predicted molar refractivity (Wildman–Crippen MR) is 112 cm³/mol. The van der Waals surface area contributed by atoms with Gasteiger partial charge in [-0.15, -0.1) is 0 Å². The summed E-state index contributed by atoms with van der Waals surface area (Å²) >= 11 is 0. The molecule has 0 bridgehead atoms. The van der Waals surface area contributed by atoms with E-state index >= 15 is 0 Å². The average molecular weight is 390 g/mol. The van der Waals surface area contributed by atoms with Gasteiger partial charge in [0.1, 0.15) is 6.33 Å². The van der Waals surface area contributed by atoms with Crippen molar-refractivity contribution in [1.82, 2.24) is 24.8 Å². The van der Waals surface area contributed by atoms with Crippen LogP contribution in [0, 0.1) is 12.8 Å². The maximum Gasteiger partial charge on any atom is 0.224 e. The molecule has 7 heteroatoms. The van der Waals surface area contributed by atoms with Gasteiger partial charge < -0.3 is 9.64 Å². The lowest BCUT2D eigenvalue weighted by Gasteiger charge is -2.36. The number of benzene rings is 1. The van der Waals surface area contributed by atoms with Gasteiger partial charge in [-0.25, -0.2) is 9.97 Å². The second kappa shape index (κ2) is 7.91. The number of hydrogen-bond donors (Lipinski definition) is 0. The van der Waals surface area contributed by atoms with Gasteiger partial charge in [0, 0.05) is 50.8 Å². The van der Waals surface area contributed by atoms with Crippen molar-refractivity contribution in [3.63, 3.8) is 0 Å². The van der Waals surface area contributed by atoms with E-state index in [9.17, 15) is 0 Å². The quantitative estimate of drug-likeness (QED) is 0.641. The minimum absolute atomic E-state index is 0.703. The number of anilines is 1. The van der Waals surface area contributed by atoms with Crippen LogP contribution in [0.25, 0.3) is 10.9 Å². The minimum Gasteiger partial charge on any atom is -0.477 e. The number of aryl methyl sites for hydroxylation is 1. The van der Waals surface area contributed by atoms with E-state index in [0.717, 1.165) is 61.6 Å². The van der Waals surface area contributed by atoms with E-state index in [0.29, 0.717) is 11.8 Å². The molecular formula is C22H26N6O. The molecule has 2 aromatic heterocycles. The Morgan fingerprint density at radius 1 is 1.00 bits per heavy atom. The van der Waals surface area contributed by atoms with Gasteiger partial charge >= 0.3 is 0 Å². The highest BCUT2D eigenvalue weighted by molar-refractivity contribution is 5.86. The van der Waals surface area contributed by atoms with E-state index < -0.39 is 0 Å². The predicted octanol–water partition coefficient (Wildman–Crippen LogP) is 2.84. The van der Waals surface area contributed by atoms with Gasteiger partial charge in [-0.1, -0.05) is 0 Å². The number of rotatable bonds is 6. The summed E-state index contributed by atoms with van der Waals surface area (Å²) in [5.41, 5.74) is 4.13. The maximum absolute atomic E-state index is 5.99. The summed E-state index contributed by atoms with van der Waals surface area (Å²) in [6, 6.07) is 6.41. The SMILES string of the molecule is Cc1cnc(CN2CCN(c3ccc4ncnc(OCC5CC5)c4c3)CC2)cn1. The third kappa shape index (κ3) is 4.29. The zero-order valence-corrected chi connectivity index (χ0v) is 16.8. The maximum atomic E-state index is 5.99. The van der Waals surface area contributed by atoms with E-state index in [2.05, 4.69) is 47.9 Å². The first-order valence-corrected chi connectivity index (χ1v) is 10.4. The number of ether oxygens (including phenoxy) is 1. The van der Waals surface area contributed by atoms with Gasteiger partial charge in [-0.2, -0.15) is 0 Å². The molecule has 3 heterocycles. The molecule has 1 aliphatic heterocycles. The van der Waals surface area contributed by atoms with Crippen LogP contribution in [0.15, 0.2) is 36.9 Å². The highest BCUT2D eigenvalue weighted by Crippen LogP contribution is 2.32. The Kier molecular flexibility index (Phi) is 4.97. The second-order valence-electron chi connectivity index (χ2n) is 8.05. The van der Waals surface area contributed by atoms with Gasteiger partial charge in [0.15, 0.2) is 0 Å². The van der Waals surface area contributed by atoms with Crippen molar-refractivity contribution in [3.05, 3.63) is 48.3 Å². The Balaban J connectivity index is 1.26. The topological polar surface area (TPSA) is 67.3 Å². The van der Waals surface area contributed by atoms with Crippen molar-refractivity contribution in [3.8, 4) is 5.88 Å². The van der Waals surface area contributed by atoms with Crippen LogP contribution in [-0.2, 0) is 6.54 Å². The number of nitrogens with zero attached hydrogens (tertiary/aromatic N) is 6. The van der Waals surface area contributed by atoms with Gasteiger partial charge in [0.2, 0.25) is 5.88 Å². The van der Waals surface area contributed by atoms with E-state index in [4.69, 9.17) is 4.74 Å². The van der Waals surface area contributed by atoms with E-state index in [-0.39, 0.29) is 0 Å². The first kappa shape index (κ1) is 18.2. The summed E-state index contributed by atoms with van der Waals surface area (Å²) in [5, 5.41) is 1.00. The summed E-state index contributed by atoms with van der Waals surface area (Å²) in [5.74, 6) is 1.41. The Bertz CT molecular complexity index is 980. The van der Waals surface area contributed by atoms with Crippen molar-refractivity contribution in [2.24, 2.45) is 5.92 Å². The van der Waals surface area contributed by atoms with Gasteiger partial charge in [0.25, 0.3) is 0 Å². The monoisotopic (exact) mass is 390 g/mol. The molecule has 2 aliphatic rings. The molecule has 0 spiro atoms. The third-order valence-corrected chi connectivity index (χ3v) is 5.69. The Morgan fingerprint density at radius 3 is 2.62 bits per heavy atom. The van der Waals surface area contributed by atoms with Crippen molar-refractivity contribution in [1.29, 1.82) is 0 Å². The lowest BCUT2D eigenvalue weighted by atomic mass is 10.2. The fourth-order valence-electron chi connectivity index (χ4n) is 3.71. The summed E-state index contributed by atoms with van der Waals surface area (Å²) in [6.45, 7) is 7.55. The standard InChI is InChI=1S/C22H26N6O/c1-16-11-24-18(12-23-16)13-27-6-8-28(9-7-27)19-4-5-21-20(10-19)22(26-15-25-21)29-14-17-2-3-17/h4-5,10-12,15,17H,2-3,6-9,13-14H2,1H3. The largest absolute Gasteiger partial charge is 0.477 e. The van der Waals surface area contributed by atoms with Crippen LogP contribution in [0.5, 0.6) is 5.88 Å². The summed E-state index contributed by atoms with van der Waals surface area (Å²) < 4.78 is 5.99. The molecule has 0 radical (unpaired) electrons. The summed E-state index contributed by atoms with van der Waals surface area (Å²) in [4.78, 5) is 22.5. The van der Waals surface area contributed by atoms with Crippen molar-refractivity contribution in [2.45, 2.75) is 26.3 Å². The molecule has 5 rings (SSSR count). The van der Waals surface area contributed by atoms with E-state index in [1.165, 1.54) is 18.5 Å². The van der Waals surface area contributed by atoms with Gasteiger partial charge in [-0.05, 0) is 43.9 Å². The fraction of sp³-hybridized carbons (Fsp3) is 0.455. The lowest BCUT2D eigenvalue weighted by molar-refractivity contribution is 0.247. The molecule has 1 aromatic carbocycles. The van der Waals surface area contributed by atoms with Crippen LogP contribution >= 0.6 is 0 Å². The van der Waals surface area contributed by atoms with Crippen LogP contribution in [0.1, 0.15) is 24.2 Å². The van der Waals surface area contributed by atoms with Crippen LogP contribution < -0.4 is 9.64 Å². The fourth-order valence-corrected chi connectivity index (χ4v) is 3.71. The molecule has 1 saturated heterocycles. The minimum atomic E-state index is 0.703. The molecule has 0 atom stereocenters. The first-order chi connectivity index (χ1) is 14.2. The highest BCUT2D eigenvalue weighted by atomic mass is 16.5. The smallest absolute Gasteiger partial charge is 0.224 e. The molecule has 2 fully saturated rings. The summed E-state index contributed by atoms with van der Waals surface area (Å²) in [7, 11) is 0. The van der Waals surface area contributed by atoms with Gasteiger partial charge in [0.05, 0.1) is 28.9 Å². The molecule has 3 aromatic rings. The second-order valence-corrected chi connectivity index (χ2v) is 8.05. The lowest BCUT2D eigenvalue weighted by Crippen LogP contribution is -2.46. The normalized spacial score (nSPS) is 17.6. The van der Waals surface area contributed by atoms with Gasteiger partial charge in [-0.3, -0.25) is 14.9 Å². The van der Waals surface area contributed by atoms with Crippen molar-refractivity contribution in [2.75, 3.05) is 37.7 Å². The Morgan fingerprint density at radius 2 is 1.86 bits per heavy atom. The first-order valence-electron chi connectivity index (χ1n) is 10.4. The van der Waals surface area contributed by atoms with Crippen molar-refractivity contribution < 1.29 is 4.74 Å². The average Bonchev–Trinajstić information content (AvgIpc) is 3.59. The zero-order valence-electron chi connectivity index (χ0n) is 16.8. The zero-order chi connectivity index (χ0) is 19.6. The molecule has 0 unspecified atom stereocenters. The Hall–Kier alpha value is -2.80. The molecule has 0 amide bonds. The highest BCUT2D eigenvalue weighted by Gasteiger charge is 2.23. The molecule has 1 aliphatic carbocycles. The van der Waals surface area contributed by atoms with Crippen LogP contribution in [0.3, 0.4) is 0 Å².